The molecule has 18 heavy (non-hydrogen) atoms. The van der Waals surface area contributed by atoms with Gasteiger partial charge in [-0.2, -0.15) is 0 Å². The van der Waals surface area contributed by atoms with Crippen LogP contribution in [-0.2, 0) is 5.33 Å². The molecule has 0 aromatic heterocycles. The number of piperazine rings is 1. The van der Waals surface area contributed by atoms with Crippen LogP contribution in [0, 0.1) is 0 Å². The molecule has 0 spiro atoms. The molecule has 2 aliphatic rings. The minimum Gasteiger partial charge on any atom is -0.366 e. The average Bonchev–Trinajstić information content (AvgIpc) is 2.84. The van der Waals surface area contributed by atoms with E-state index in [-0.39, 0.29) is 0 Å². The lowest BCUT2D eigenvalue weighted by atomic mass is 10.0. The smallest absolute Gasteiger partial charge is 0.0410 e. The molecule has 2 unspecified atom stereocenters. The molecule has 2 fully saturated rings. The van der Waals surface area contributed by atoms with Crippen molar-refractivity contribution in [1.29, 1.82) is 0 Å². The van der Waals surface area contributed by atoms with Crippen molar-refractivity contribution in [1.82, 2.24) is 4.90 Å². The Morgan fingerprint density at radius 2 is 2.11 bits per heavy atom. The minimum absolute atomic E-state index is 0.625. The highest BCUT2D eigenvalue weighted by atomic mass is 79.9. The Balaban J connectivity index is 1.86. The summed E-state index contributed by atoms with van der Waals surface area (Å²) >= 11 is 3.61. The second-order valence-electron chi connectivity index (χ2n) is 5.55. The zero-order valence-corrected chi connectivity index (χ0v) is 12.6. The number of halogens is 1. The minimum atomic E-state index is 0.625. The Morgan fingerprint density at radius 1 is 1.28 bits per heavy atom. The SMILES string of the molecule is CC1CN2CCCC2CN1c1ccccc1CBr. The number of anilines is 1. The lowest BCUT2D eigenvalue weighted by Crippen LogP contribution is -2.55. The molecule has 2 heterocycles. The van der Waals surface area contributed by atoms with Crippen molar-refractivity contribution in [2.75, 3.05) is 24.5 Å². The lowest BCUT2D eigenvalue weighted by molar-refractivity contribution is 0.203. The number of nitrogens with zero attached hydrogens (tertiary/aromatic N) is 2. The molecule has 0 amide bonds. The van der Waals surface area contributed by atoms with E-state index in [1.165, 1.54) is 43.7 Å². The topological polar surface area (TPSA) is 6.48 Å². The third-order valence-electron chi connectivity index (χ3n) is 4.38. The van der Waals surface area contributed by atoms with E-state index in [2.05, 4.69) is 56.9 Å². The molecule has 3 heteroatoms. The van der Waals surface area contributed by atoms with E-state index in [1.54, 1.807) is 0 Å². The summed E-state index contributed by atoms with van der Waals surface area (Å²) in [5, 5.41) is 0.945. The van der Waals surface area contributed by atoms with Gasteiger partial charge in [0.2, 0.25) is 0 Å². The van der Waals surface area contributed by atoms with Gasteiger partial charge in [-0.1, -0.05) is 34.1 Å². The summed E-state index contributed by atoms with van der Waals surface area (Å²) in [6, 6.07) is 10.2. The van der Waals surface area contributed by atoms with Gasteiger partial charge in [0, 0.05) is 36.2 Å². The quantitative estimate of drug-likeness (QED) is 0.774. The Morgan fingerprint density at radius 3 is 2.94 bits per heavy atom. The van der Waals surface area contributed by atoms with Gasteiger partial charge in [-0.05, 0) is 37.9 Å². The maximum Gasteiger partial charge on any atom is 0.0410 e. The third-order valence-corrected chi connectivity index (χ3v) is 4.99. The molecular weight excluding hydrogens is 288 g/mol. The highest BCUT2D eigenvalue weighted by Gasteiger charge is 2.34. The highest BCUT2D eigenvalue weighted by molar-refractivity contribution is 9.08. The third kappa shape index (κ3) is 2.19. The lowest BCUT2D eigenvalue weighted by Gasteiger charge is -2.44. The molecule has 2 atom stereocenters. The van der Waals surface area contributed by atoms with Crippen molar-refractivity contribution < 1.29 is 0 Å². The zero-order valence-electron chi connectivity index (χ0n) is 11.0. The van der Waals surface area contributed by atoms with Crippen LogP contribution in [0.2, 0.25) is 0 Å². The number of rotatable bonds is 2. The number of hydrogen-bond donors (Lipinski definition) is 0. The van der Waals surface area contributed by atoms with E-state index in [4.69, 9.17) is 0 Å². The molecule has 2 saturated heterocycles. The van der Waals surface area contributed by atoms with Gasteiger partial charge in [-0.3, -0.25) is 4.90 Å². The summed E-state index contributed by atoms with van der Waals surface area (Å²) in [6.45, 7) is 6.09. The fourth-order valence-electron chi connectivity index (χ4n) is 3.43. The first-order valence-corrected chi connectivity index (χ1v) is 8.06. The van der Waals surface area contributed by atoms with Crippen LogP contribution in [0.15, 0.2) is 24.3 Å². The first-order chi connectivity index (χ1) is 8.79. The molecule has 2 aliphatic heterocycles. The van der Waals surface area contributed by atoms with Gasteiger partial charge in [-0.25, -0.2) is 0 Å². The summed E-state index contributed by atoms with van der Waals surface area (Å²) in [4.78, 5) is 5.29. The van der Waals surface area contributed by atoms with Gasteiger partial charge in [0.25, 0.3) is 0 Å². The van der Waals surface area contributed by atoms with E-state index in [0.29, 0.717) is 6.04 Å². The number of para-hydroxylation sites is 1. The molecule has 0 radical (unpaired) electrons. The number of benzene rings is 1. The molecule has 1 aromatic carbocycles. The normalized spacial score (nSPS) is 28.4. The summed E-state index contributed by atoms with van der Waals surface area (Å²) in [5.41, 5.74) is 2.84. The van der Waals surface area contributed by atoms with Gasteiger partial charge in [0.05, 0.1) is 0 Å². The van der Waals surface area contributed by atoms with Crippen molar-refractivity contribution in [2.45, 2.75) is 37.2 Å². The largest absolute Gasteiger partial charge is 0.366 e. The number of hydrogen-bond acceptors (Lipinski definition) is 2. The molecular formula is C15H21BrN2. The summed E-state index contributed by atoms with van der Waals surface area (Å²) in [6.07, 6.45) is 2.75. The molecule has 0 N–H and O–H groups in total. The Kier molecular flexibility index (Phi) is 3.62. The maximum atomic E-state index is 3.61. The van der Waals surface area contributed by atoms with E-state index in [0.717, 1.165) is 11.4 Å². The Labute approximate surface area is 118 Å². The first kappa shape index (κ1) is 12.5. The van der Waals surface area contributed by atoms with Gasteiger partial charge in [0.15, 0.2) is 0 Å². The second kappa shape index (κ2) is 5.22. The van der Waals surface area contributed by atoms with Crippen LogP contribution >= 0.6 is 15.9 Å². The van der Waals surface area contributed by atoms with E-state index in [1.807, 2.05) is 0 Å². The predicted molar refractivity (Wildman–Crippen MR) is 80.5 cm³/mol. The van der Waals surface area contributed by atoms with Crippen LogP contribution in [0.4, 0.5) is 5.69 Å². The molecule has 2 nitrogen and oxygen atoms in total. The molecule has 1 aromatic rings. The predicted octanol–water partition coefficient (Wildman–Crippen LogP) is 3.25. The Bertz CT molecular complexity index is 421. The standard InChI is InChI=1S/C15H21BrN2/c1-12-10-17-8-4-6-14(17)11-18(12)15-7-3-2-5-13(15)9-16/h2-3,5,7,12,14H,4,6,8-11H2,1H3. The summed E-state index contributed by atoms with van der Waals surface area (Å²) in [5.74, 6) is 0. The van der Waals surface area contributed by atoms with Gasteiger partial charge < -0.3 is 4.90 Å². The van der Waals surface area contributed by atoms with Crippen molar-refractivity contribution in [3.63, 3.8) is 0 Å². The monoisotopic (exact) mass is 308 g/mol. The van der Waals surface area contributed by atoms with Crippen LogP contribution in [0.25, 0.3) is 0 Å². The first-order valence-electron chi connectivity index (χ1n) is 6.94. The summed E-state index contributed by atoms with van der Waals surface area (Å²) < 4.78 is 0. The average molecular weight is 309 g/mol. The number of alkyl halides is 1. The number of fused-ring (bicyclic) bond motifs is 1. The fourth-order valence-corrected chi connectivity index (χ4v) is 3.90. The second-order valence-corrected chi connectivity index (χ2v) is 6.12. The molecule has 98 valence electrons. The van der Waals surface area contributed by atoms with Gasteiger partial charge >= 0.3 is 0 Å². The van der Waals surface area contributed by atoms with E-state index < -0.39 is 0 Å². The molecule has 0 saturated carbocycles. The van der Waals surface area contributed by atoms with Crippen LogP contribution in [-0.4, -0.2) is 36.6 Å². The van der Waals surface area contributed by atoms with E-state index >= 15 is 0 Å². The maximum absolute atomic E-state index is 3.61. The molecule has 3 rings (SSSR count). The molecule has 0 aliphatic carbocycles. The van der Waals surface area contributed by atoms with Crippen molar-refractivity contribution in [2.24, 2.45) is 0 Å². The van der Waals surface area contributed by atoms with Gasteiger partial charge in [-0.15, -0.1) is 0 Å². The van der Waals surface area contributed by atoms with Crippen LogP contribution in [0.3, 0.4) is 0 Å². The van der Waals surface area contributed by atoms with E-state index in [9.17, 15) is 0 Å². The van der Waals surface area contributed by atoms with Crippen molar-refractivity contribution in [3.8, 4) is 0 Å². The highest BCUT2D eigenvalue weighted by Crippen LogP contribution is 2.31. The molecule has 0 bridgehead atoms. The van der Waals surface area contributed by atoms with Crippen molar-refractivity contribution >= 4 is 21.6 Å². The van der Waals surface area contributed by atoms with Gasteiger partial charge in [0.1, 0.15) is 0 Å². The van der Waals surface area contributed by atoms with Crippen LogP contribution in [0.5, 0.6) is 0 Å². The fraction of sp³-hybridized carbons (Fsp3) is 0.600. The van der Waals surface area contributed by atoms with Crippen LogP contribution < -0.4 is 4.90 Å². The Hall–Kier alpha value is -0.540. The summed E-state index contributed by atoms with van der Waals surface area (Å²) in [7, 11) is 0. The van der Waals surface area contributed by atoms with Crippen molar-refractivity contribution in [3.05, 3.63) is 29.8 Å². The zero-order chi connectivity index (χ0) is 12.5. The van der Waals surface area contributed by atoms with Crippen LogP contribution in [0.1, 0.15) is 25.3 Å².